The second-order valence-corrected chi connectivity index (χ2v) is 7.59. The van der Waals surface area contributed by atoms with Gasteiger partial charge in [0.15, 0.2) is 0 Å². The van der Waals surface area contributed by atoms with Crippen LogP contribution < -0.4 is 0 Å². The lowest BCUT2D eigenvalue weighted by atomic mass is 9.90. The summed E-state index contributed by atoms with van der Waals surface area (Å²) in [5.74, 6) is -0.220. The van der Waals surface area contributed by atoms with E-state index >= 15 is 0 Å². The molecule has 1 aliphatic heterocycles. The Morgan fingerprint density at radius 3 is 2.75 bits per heavy atom. The van der Waals surface area contributed by atoms with E-state index in [0.29, 0.717) is 25.4 Å². The summed E-state index contributed by atoms with van der Waals surface area (Å²) in [5, 5.41) is 9.22. The molecule has 0 radical (unpaired) electrons. The Morgan fingerprint density at radius 1 is 1.45 bits per heavy atom. The number of amides is 1. The molecule has 1 aromatic heterocycles. The van der Waals surface area contributed by atoms with E-state index in [4.69, 9.17) is 0 Å². The van der Waals surface area contributed by atoms with Crippen LogP contribution in [-0.4, -0.2) is 35.0 Å². The summed E-state index contributed by atoms with van der Waals surface area (Å²) in [4.78, 5) is 28.0. The second kappa shape index (κ2) is 4.58. The second-order valence-electron chi connectivity index (χ2n) is 6.27. The number of carboxylic acid groups (broad SMARTS) is 1. The highest BCUT2D eigenvalue weighted by Gasteiger charge is 2.50. The molecule has 108 valence electrons. The fourth-order valence-corrected chi connectivity index (χ4v) is 4.05. The van der Waals surface area contributed by atoms with Gasteiger partial charge in [-0.05, 0) is 38.8 Å². The molecule has 0 aromatic carbocycles. The Kier molecular flexibility index (Phi) is 3.12. The van der Waals surface area contributed by atoms with E-state index in [2.05, 4.69) is 19.1 Å². The third kappa shape index (κ3) is 2.24. The van der Waals surface area contributed by atoms with Crippen LogP contribution in [0.1, 0.15) is 35.4 Å². The Hall–Kier alpha value is -1.36. The van der Waals surface area contributed by atoms with Crippen LogP contribution in [0, 0.1) is 18.3 Å². The van der Waals surface area contributed by atoms with Gasteiger partial charge in [0.2, 0.25) is 5.91 Å². The van der Waals surface area contributed by atoms with Gasteiger partial charge in [-0.1, -0.05) is 0 Å². The van der Waals surface area contributed by atoms with Gasteiger partial charge in [-0.15, -0.1) is 11.3 Å². The highest BCUT2D eigenvalue weighted by molar-refractivity contribution is 7.12. The zero-order chi connectivity index (χ0) is 14.5. The van der Waals surface area contributed by atoms with Crippen molar-refractivity contribution in [3.8, 4) is 0 Å². The summed E-state index contributed by atoms with van der Waals surface area (Å²) in [7, 11) is 0. The molecule has 1 aromatic rings. The molecule has 2 fully saturated rings. The molecule has 2 aliphatic rings. The van der Waals surface area contributed by atoms with Crippen LogP contribution in [0.5, 0.6) is 0 Å². The molecule has 1 aliphatic carbocycles. The van der Waals surface area contributed by atoms with E-state index in [1.54, 1.807) is 23.2 Å². The Morgan fingerprint density at radius 2 is 2.20 bits per heavy atom. The largest absolute Gasteiger partial charge is 0.481 e. The van der Waals surface area contributed by atoms with E-state index in [1.807, 2.05) is 0 Å². The number of likely N-dealkylation sites (tertiary alicyclic amines) is 1. The SMILES string of the molecule is Cc1ccc([C@@H]2C[C@@H]2C(=O)N2CC[C@](C)(C(=O)O)C2)s1. The number of carboxylic acids is 1. The monoisotopic (exact) mass is 293 g/mol. The molecule has 1 saturated carbocycles. The first-order valence-electron chi connectivity index (χ1n) is 6.99. The number of hydrogen-bond donors (Lipinski definition) is 1. The van der Waals surface area contributed by atoms with Crippen molar-refractivity contribution >= 4 is 23.2 Å². The van der Waals surface area contributed by atoms with Gasteiger partial charge in [0, 0.05) is 34.7 Å². The number of aliphatic carboxylic acids is 1. The minimum Gasteiger partial charge on any atom is -0.481 e. The Labute approximate surface area is 122 Å². The van der Waals surface area contributed by atoms with Crippen LogP contribution in [0.2, 0.25) is 0 Å². The molecule has 1 saturated heterocycles. The molecular weight excluding hydrogens is 274 g/mol. The number of hydrogen-bond acceptors (Lipinski definition) is 3. The number of thiophene rings is 1. The van der Waals surface area contributed by atoms with Gasteiger partial charge in [-0.3, -0.25) is 9.59 Å². The molecule has 1 amide bonds. The van der Waals surface area contributed by atoms with Crippen LogP contribution in [0.15, 0.2) is 12.1 Å². The molecule has 5 heteroatoms. The standard InChI is InChI=1S/C15H19NO3S/c1-9-3-4-12(20-9)10-7-11(10)13(17)16-6-5-15(2,8-16)14(18)19/h3-4,10-11H,5-8H2,1-2H3,(H,18,19)/t10-,11+,15+/m1/s1. The maximum absolute atomic E-state index is 12.4. The smallest absolute Gasteiger partial charge is 0.311 e. The van der Waals surface area contributed by atoms with Crippen molar-refractivity contribution in [1.29, 1.82) is 0 Å². The van der Waals surface area contributed by atoms with Gasteiger partial charge >= 0.3 is 5.97 Å². The number of rotatable bonds is 3. The molecule has 0 unspecified atom stereocenters. The molecule has 4 nitrogen and oxygen atoms in total. The van der Waals surface area contributed by atoms with Gasteiger partial charge in [-0.25, -0.2) is 0 Å². The molecule has 20 heavy (non-hydrogen) atoms. The van der Waals surface area contributed by atoms with Crippen LogP contribution in [0.4, 0.5) is 0 Å². The van der Waals surface area contributed by atoms with E-state index in [1.165, 1.54) is 9.75 Å². The van der Waals surface area contributed by atoms with Crippen LogP contribution in [0.25, 0.3) is 0 Å². The first kappa shape index (κ1) is 13.6. The van der Waals surface area contributed by atoms with E-state index < -0.39 is 11.4 Å². The number of nitrogens with zero attached hydrogens (tertiary/aromatic N) is 1. The van der Waals surface area contributed by atoms with Crippen LogP contribution in [0.3, 0.4) is 0 Å². The molecule has 0 spiro atoms. The molecule has 1 N–H and O–H groups in total. The average molecular weight is 293 g/mol. The number of carbonyl (C=O) groups is 2. The number of carbonyl (C=O) groups excluding carboxylic acids is 1. The predicted octanol–water partition coefficient (Wildman–Crippen LogP) is 2.48. The molecule has 3 rings (SSSR count). The molecule has 2 heterocycles. The quantitative estimate of drug-likeness (QED) is 0.931. The third-order valence-corrected chi connectivity index (χ3v) is 5.67. The zero-order valence-corrected chi connectivity index (χ0v) is 12.6. The van der Waals surface area contributed by atoms with Gasteiger partial charge < -0.3 is 10.0 Å². The molecule has 3 atom stereocenters. The normalized spacial score (nSPS) is 32.4. The first-order valence-corrected chi connectivity index (χ1v) is 7.81. The lowest BCUT2D eigenvalue weighted by molar-refractivity contribution is -0.147. The fraction of sp³-hybridized carbons (Fsp3) is 0.600. The number of aryl methyl sites for hydroxylation is 1. The summed E-state index contributed by atoms with van der Waals surface area (Å²) in [6.45, 7) is 4.74. The lowest BCUT2D eigenvalue weighted by Crippen LogP contribution is -2.35. The minimum atomic E-state index is -0.797. The van der Waals surface area contributed by atoms with E-state index in [9.17, 15) is 14.7 Å². The summed E-state index contributed by atoms with van der Waals surface area (Å²) in [5.41, 5.74) is -0.764. The van der Waals surface area contributed by atoms with Crippen molar-refractivity contribution in [1.82, 2.24) is 4.90 Å². The van der Waals surface area contributed by atoms with Crippen molar-refractivity contribution in [2.45, 2.75) is 32.6 Å². The topological polar surface area (TPSA) is 57.6 Å². The summed E-state index contributed by atoms with van der Waals surface area (Å²) < 4.78 is 0. The maximum Gasteiger partial charge on any atom is 0.311 e. The van der Waals surface area contributed by atoms with Crippen molar-refractivity contribution in [2.24, 2.45) is 11.3 Å². The molecule has 0 bridgehead atoms. The van der Waals surface area contributed by atoms with Gasteiger partial charge in [0.1, 0.15) is 0 Å². The van der Waals surface area contributed by atoms with Crippen LogP contribution >= 0.6 is 11.3 Å². The van der Waals surface area contributed by atoms with E-state index in [-0.39, 0.29) is 11.8 Å². The Bertz CT molecular complexity index is 567. The van der Waals surface area contributed by atoms with Crippen molar-refractivity contribution in [3.05, 3.63) is 21.9 Å². The highest BCUT2D eigenvalue weighted by atomic mass is 32.1. The predicted molar refractivity (Wildman–Crippen MR) is 76.8 cm³/mol. The van der Waals surface area contributed by atoms with Gasteiger partial charge in [0.25, 0.3) is 0 Å². The van der Waals surface area contributed by atoms with Gasteiger partial charge in [-0.2, -0.15) is 0 Å². The summed E-state index contributed by atoms with van der Waals surface area (Å²) in [6.07, 6.45) is 1.47. The average Bonchev–Trinajstić information content (AvgIpc) is 2.91. The molecular formula is C15H19NO3S. The first-order chi connectivity index (χ1) is 9.40. The van der Waals surface area contributed by atoms with Crippen LogP contribution in [-0.2, 0) is 9.59 Å². The van der Waals surface area contributed by atoms with E-state index in [0.717, 1.165) is 6.42 Å². The minimum absolute atomic E-state index is 0.0733. The third-order valence-electron chi connectivity index (χ3n) is 4.54. The highest BCUT2D eigenvalue weighted by Crippen LogP contribution is 2.51. The van der Waals surface area contributed by atoms with Crippen molar-refractivity contribution in [2.75, 3.05) is 13.1 Å². The fourth-order valence-electron chi connectivity index (χ4n) is 2.99. The Balaban J connectivity index is 1.63. The van der Waals surface area contributed by atoms with Gasteiger partial charge in [0.05, 0.1) is 5.41 Å². The summed E-state index contributed by atoms with van der Waals surface area (Å²) >= 11 is 1.76. The lowest BCUT2D eigenvalue weighted by Gasteiger charge is -2.20. The maximum atomic E-state index is 12.4. The van der Waals surface area contributed by atoms with Crippen molar-refractivity contribution < 1.29 is 14.7 Å². The summed E-state index contributed by atoms with van der Waals surface area (Å²) in [6, 6.07) is 4.21. The zero-order valence-electron chi connectivity index (χ0n) is 11.8. The van der Waals surface area contributed by atoms with Crippen molar-refractivity contribution in [3.63, 3.8) is 0 Å².